The van der Waals surface area contributed by atoms with Gasteiger partial charge in [-0.2, -0.15) is 5.10 Å². The molecular weight excluding hydrogens is 264 g/mol. The number of aryl methyl sites for hydroxylation is 3. The van der Waals surface area contributed by atoms with E-state index in [2.05, 4.69) is 17.0 Å². The van der Waals surface area contributed by atoms with Crippen molar-refractivity contribution in [3.8, 4) is 0 Å². The molecule has 0 fully saturated rings. The van der Waals surface area contributed by atoms with Gasteiger partial charge >= 0.3 is 0 Å². The topological polar surface area (TPSA) is 55.9 Å². The highest BCUT2D eigenvalue weighted by Crippen LogP contribution is 2.21. The summed E-state index contributed by atoms with van der Waals surface area (Å²) in [6.07, 6.45) is 0.749. The fourth-order valence-corrected chi connectivity index (χ4v) is 2.68. The Hall–Kier alpha value is -2.14. The Morgan fingerprint density at radius 3 is 2.67 bits per heavy atom. The normalized spacial score (nSPS) is 13.0. The van der Waals surface area contributed by atoms with E-state index in [4.69, 9.17) is 0 Å². The molecule has 0 saturated heterocycles. The predicted octanol–water partition coefficient (Wildman–Crippen LogP) is 2.15. The van der Waals surface area contributed by atoms with Crippen LogP contribution in [0.1, 0.15) is 30.2 Å². The molecule has 110 valence electrons. The highest BCUT2D eigenvalue weighted by atomic mass is 16.3. The van der Waals surface area contributed by atoms with E-state index in [1.54, 1.807) is 4.68 Å². The van der Waals surface area contributed by atoms with Crippen molar-refractivity contribution < 1.29 is 5.11 Å². The molecule has 0 spiro atoms. The second kappa shape index (κ2) is 5.33. The number of aromatic nitrogens is 4. The van der Waals surface area contributed by atoms with Gasteiger partial charge in [-0.15, -0.1) is 0 Å². The minimum absolute atomic E-state index is 0.480. The predicted molar refractivity (Wildman–Crippen MR) is 82.0 cm³/mol. The van der Waals surface area contributed by atoms with E-state index >= 15 is 0 Å². The average Bonchev–Trinajstić information content (AvgIpc) is 3.01. The van der Waals surface area contributed by atoms with Crippen molar-refractivity contribution in [3.63, 3.8) is 0 Å². The summed E-state index contributed by atoms with van der Waals surface area (Å²) in [5, 5.41) is 14.9. The number of hydrogen-bond donors (Lipinski definition) is 1. The summed E-state index contributed by atoms with van der Waals surface area (Å²) >= 11 is 0. The first kappa shape index (κ1) is 13.8. The summed E-state index contributed by atoms with van der Waals surface area (Å²) < 4.78 is 3.79. The van der Waals surface area contributed by atoms with Gasteiger partial charge in [-0.1, -0.05) is 19.1 Å². The summed E-state index contributed by atoms with van der Waals surface area (Å²) in [5.74, 6) is 0.878. The molecule has 1 aromatic carbocycles. The van der Waals surface area contributed by atoms with Gasteiger partial charge in [0.05, 0.1) is 22.4 Å². The summed E-state index contributed by atoms with van der Waals surface area (Å²) in [6, 6.07) is 9.97. The largest absolute Gasteiger partial charge is 0.386 e. The molecule has 0 saturated carbocycles. The summed E-state index contributed by atoms with van der Waals surface area (Å²) in [5.41, 5.74) is 3.87. The lowest BCUT2D eigenvalue weighted by Crippen LogP contribution is -2.10. The molecule has 3 aromatic rings. The van der Waals surface area contributed by atoms with Crippen LogP contribution in [0.15, 0.2) is 30.3 Å². The van der Waals surface area contributed by atoms with Crippen LogP contribution in [-0.4, -0.2) is 24.4 Å². The number of rotatable bonds is 4. The van der Waals surface area contributed by atoms with Crippen LogP contribution in [0, 0.1) is 0 Å². The van der Waals surface area contributed by atoms with Crippen molar-refractivity contribution in [3.05, 3.63) is 47.5 Å². The van der Waals surface area contributed by atoms with E-state index in [0.29, 0.717) is 6.42 Å². The number of aliphatic hydroxyl groups is 1. The van der Waals surface area contributed by atoms with Crippen molar-refractivity contribution in [1.29, 1.82) is 0 Å². The zero-order valence-electron chi connectivity index (χ0n) is 12.6. The van der Waals surface area contributed by atoms with Crippen molar-refractivity contribution in [1.82, 2.24) is 19.3 Å². The first-order chi connectivity index (χ1) is 10.1. The highest BCUT2D eigenvalue weighted by Gasteiger charge is 2.17. The number of imidazole rings is 1. The molecule has 5 nitrogen and oxygen atoms in total. The Morgan fingerprint density at radius 1 is 1.24 bits per heavy atom. The number of fused-ring (bicyclic) bond motifs is 1. The molecule has 3 rings (SSSR count). The minimum Gasteiger partial charge on any atom is -0.386 e. The number of aliphatic hydroxyl groups excluding tert-OH is 1. The molecular formula is C16H20N4O. The van der Waals surface area contributed by atoms with Gasteiger partial charge in [-0.25, -0.2) is 4.98 Å². The first-order valence-corrected chi connectivity index (χ1v) is 7.21. The molecule has 0 radical (unpaired) electrons. The van der Waals surface area contributed by atoms with Crippen LogP contribution in [-0.2, 0) is 26.9 Å². The van der Waals surface area contributed by atoms with Crippen LogP contribution < -0.4 is 0 Å². The molecule has 21 heavy (non-hydrogen) atoms. The van der Waals surface area contributed by atoms with Crippen LogP contribution in [0.5, 0.6) is 0 Å². The van der Waals surface area contributed by atoms with Gasteiger partial charge in [0.1, 0.15) is 11.9 Å². The maximum Gasteiger partial charge on any atom is 0.112 e. The summed E-state index contributed by atoms with van der Waals surface area (Å²) in [4.78, 5) is 4.61. The van der Waals surface area contributed by atoms with Gasteiger partial charge in [-0.3, -0.25) is 4.68 Å². The van der Waals surface area contributed by atoms with E-state index in [9.17, 15) is 5.11 Å². The van der Waals surface area contributed by atoms with Gasteiger partial charge in [0.15, 0.2) is 0 Å². The second-order valence-corrected chi connectivity index (χ2v) is 5.33. The Bertz CT molecular complexity index is 772. The van der Waals surface area contributed by atoms with Crippen molar-refractivity contribution in [2.24, 2.45) is 14.1 Å². The third-order valence-electron chi connectivity index (χ3n) is 3.93. The van der Waals surface area contributed by atoms with Gasteiger partial charge in [0, 0.05) is 20.5 Å². The van der Waals surface area contributed by atoms with Crippen LogP contribution in [0.3, 0.4) is 0 Å². The van der Waals surface area contributed by atoms with E-state index in [-0.39, 0.29) is 0 Å². The molecule has 0 amide bonds. The van der Waals surface area contributed by atoms with E-state index in [1.807, 2.05) is 49.0 Å². The van der Waals surface area contributed by atoms with Gasteiger partial charge < -0.3 is 9.67 Å². The highest BCUT2D eigenvalue weighted by molar-refractivity contribution is 5.75. The third kappa shape index (κ3) is 2.45. The Morgan fingerprint density at radius 2 is 2.00 bits per heavy atom. The SMILES string of the molecule is CCc1cc(C(O)Cc2nc3ccccc3n2C)n(C)n1. The van der Waals surface area contributed by atoms with Crippen molar-refractivity contribution in [2.75, 3.05) is 0 Å². The van der Waals surface area contributed by atoms with E-state index in [1.165, 1.54) is 0 Å². The van der Waals surface area contributed by atoms with Crippen LogP contribution in [0.25, 0.3) is 11.0 Å². The monoisotopic (exact) mass is 284 g/mol. The molecule has 1 unspecified atom stereocenters. The fraction of sp³-hybridized carbons (Fsp3) is 0.375. The van der Waals surface area contributed by atoms with Crippen molar-refractivity contribution in [2.45, 2.75) is 25.9 Å². The third-order valence-corrected chi connectivity index (χ3v) is 3.93. The lowest BCUT2D eigenvalue weighted by Gasteiger charge is -2.10. The van der Waals surface area contributed by atoms with Crippen LogP contribution in [0.2, 0.25) is 0 Å². The number of para-hydroxylation sites is 2. The van der Waals surface area contributed by atoms with Crippen molar-refractivity contribution >= 4 is 11.0 Å². The number of hydrogen-bond acceptors (Lipinski definition) is 3. The smallest absolute Gasteiger partial charge is 0.112 e. The zero-order valence-corrected chi connectivity index (χ0v) is 12.6. The van der Waals surface area contributed by atoms with Gasteiger partial charge in [-0.05, 0) is 24.6 Å². The zero-order chi connectivity index (χ0) is 15.0. The standard InChI is InChI=1S/C16H20N4O/c1-4-11-9-14(20(3)18-11)15(21)10-16-17-12-7-5-6-8-13(12)19(16)2/h5-9,15,21H,4,10H2,1-3H3. The molecule has 2 aromatic heterocycles. The molecule has 1 N–H and O–H groups in total. The van der Waals surface area contributed by atoms with E-state index < -0.39 is 6.10 Å². The average molecular weight is 284 g/mol. The summed E-state index contributed by atoms with van der Waals surface area (Å²) in [6.45, 7) is 2.06. The molecule has 0 aliphatic heterocycles. The fourth-order valence-electron chi connectivity index (χ4n) is 2.68. The minimum atomic E-state index is -0.599. The Labute approximate surface area is 123 Å². The lowest BCUT2D eigenvalue weighted by atomic mass is 10.1. The molecule has 5 heteroatoms. The van der Waals surface area contributed by atoms with Crippen LogP contribution >= 0.6 is 0 Å². The number of benzene rings is 1. The lowest BCUT2D eigenvalue weighted by molar-refractivity contribution is 0.165. The molecule has 2 heterocycles. The van der Waals surface area contributed by atoms with E-state index in [0.717, 1.165) is 34.7 Å². The maximum absolute atomic E-state index is 10.5. The number of nitrogens with zero attached hydrogens (tertiary/aromatic N) is 4. The second-order valence-electron chi connectivity index (χ2n) is 5.33. The summed E-state index contributed by atoms with van der Waals surface area (Å²) in [7, 11) is 3.85. The molecule has 0 bridgehead atoms. The molecule has 1 atom stereocenters. The Kier molecular flexibility index (Phi) is 3.51. The first-order valence-electron chi connectivity index (χ1n) is 7.21. The van der Waals surface area contributed by atoms with Crippen LogP contribution in [0.4, 0.5) is 0 Å². The van der Waals surface area contributed by atoms with Gasteiger partial charge in [0.25, 0.3) is 0 Å². The Balaban J connectivity index is 1.90. The maximum atomic E-state index is 10.5. The van der Waals surface area contributed by atoms with Gasteiger partial charge in [0.2, 0.25) is 0 Å². The quantitative estimate of drug-likeness (QED) is 0.798. The molecule has 0 aliphatic rings. The molecule has 0 aliphatic carbocycles.